The van der Waals surface area contributed by atoms with E-state index in [-0.39, 0.29) is 17.7 Å². The van der Waals surface area contributed by atoms with Crippen LogP contribution in [0.4, 0.5) is 11.4 Å². The van der Waals surface area contributed by atoms with Crippen LogP contribution in [-0.2, 0) is 9.59 Å². The second kappa shape index (κ2) is 9.44. The molecule has 0 aliphatic carbocycles. The van der Waals surface area contributed by atoms with Gasteiger partial charge in [0, 0.05) is 34.0 Å². The summed E-state index contributed by atoms with van der Waals surface area (Å²) in [5.74, 6) is -0.0576. The highest BCUT2D eigenvalue weighted by molar-refractivity contribution is 6.36. The van der Waals surface area contributed by atoms with Gasteiger partial charge in [0.15, 0.2) is 0 Å². The predicted molar refractivity (Wildman–Crippen MR) is 111 cm³/mol. The molecule has 0 spiro atoms. The number of hydrogen-bond acceptors (Lipinski definition) is 3. The van der Waals surface area contributed by atoms with Crippen molar-refractivity contribution in [1.82, 2.24) is 0 Å². The van der Waals surface area contributed by atoms with Crippen LogP contribution in [-0.4, -0.2) is 18.9 Å². The summed E-state index contributed by atoms with van der Waals surface area (Å²) in [7, 11) is 1.49. The lowest BCUT2D eigenvalue weighted by atomic mass is 10.2. The van der Waals surface area contributed by atoms with Crippen LogP contribution in [0.25, 0.3) is 6.08 Å². The van der Waals surface area contributed by atoms with Crippen LogP contribution in [0.1, 0.15) is 19.4 Å². The van der Waals surface area contributed by atoms with E-state index in [0.717, 1.165) is 0 Å². The number of carbonyl (C=O) groups is 2. The zero-order chi connectivity index (χ0) is 20.0. The molecule has 0 aromatic heterocycles. The third kappa shape index (κ3) is 6.01. The quantitative estimate of drug-likeness (QED) is 0.643. The van der Waals surface area contributed by atoms with Crippen molar-refractivity contribution >= 4 is 52.5 Å². The molecule has 0 unspecified atom stereocenters. The fourth-order valence-electron chi connectivity index (χ4n) is 2.19. The topological polar surface area (TPSA) is 67.4 Å². The summed E-state index contributed by atoms with van der Waals surface area (Å²) in [6, 6.07) is 10.1. The maximum Gasteiger partial charge on any atom is 0.248 e. The lowest BCUT2D eigenvalue weighted by Crippen LogP contribution is -2.17. The highest BCUT2D eigenvalue weighted by Gasteiger charge is 2.09. The van der Waals surface area contributed by atoms with Crippen molar-refractivity contribution < 1.29 is 14.3 Å². The third-order valence-electron chi connectivity index (χ3n) is 3.60. The van der Waals surface area contributed by atoms with Crippen molar-refractivity contribution in [2.75, 3.05) is 17.7 Å². The average Bonchev–Trinajstić information content (AvgIpc) is 2.61. The molecule has 0 saturated heterocycles. The number of amides is 2. The van der Waals surface area contributed by atoms with Crippen LogP contribution in [0, 0.1) is 5.92 Å². The molecule has 27 heavy (non-hydrogen) atoms. The van der Waals surface area contributed by atoms with Crippen molar-refractivity contribution in [3.05, 3.63) is 58.1 Å². The molecular weight excluding hydrogens is 387 g/mol. The molecule has 7 heteroatoms. The number of ether oxygens (including phenoxy) is 1. The molecule has 0 aliphatic heterocycles. The number of benzene rings is 2. The van der Waals surface area contributed by atoms with Gasteiger partial charge in [0.25, 0.3) is 0 Å². The summed E-state index contributed by atoms with van der Waals surface area (Å²) in [5.41, 5.74) is 1.86. The monoisotopic (exact) mass is 406 g/mol. The molecular formula is C20H20Cl2N2O3. The Labute approximate surface area is 168 Å². The lowest BCUT2D eigenvalue weighted by molar-refractivity contribution is -0.119. The highest BCUT2D eigenvalue weighted by atomic mass is 35.5. The molecule has 0 saturated carbocycles. The molecule has 2 aromatic rings. The summed E-state index contributed by atoms with van der Waals surface area (Å²) in [4.78, 5) is 23.8. The van der Waals surface area contributed by atoms with Gasteiger partial charge in [-0.15, -0.1) is 0 Å². The minimum atomic E-state index is -0.327. The number of carbonyl (C=O) groups excluding carboxylic acids is 2. The molecule has 2 N–H and O–H groups in total. The van der Waals surface area contributed by atoms with Crippen molar-refractivity contribution in [3.8, 4) is 5.75 Å². The van der Waals surface area contributed by atoms with Crippen molar-refractivity contribution in [3.63, 3.8) is 0 Å². The average molecular weight is 407 g/mol. The summed E-state index contributed by atoms with van der Waals surface area (Å²) in [6.45, 7) is 3.64. The highest BCUT2D eigenvalue weighted by Crippen LogP contribution is 2.33. The van der Waals surface area contributed by atoms with E-state index in [4.69, 9.17) is 27.9 Å². The molecule has 2 aromatic carbocycles. The van der Waals surface area contributed by atoms with Crippen molar-refractivity contribution in [1.29, 1.82) is 0 Å². The Morgan fingerprint density at radius 2 is 1.63 bits per heavy atom. The van der Waals surface area contributed by atoms with Gasteiger partial charge < -0.3 is 15.4 Å². The second-order valence-electron chi connectivity index (χ2n) is 6.05. The first-order valence-corrected chi connectivity index (χ1v) is 8.98. The fourth-order valence-corrected chi connectivity index (χ4v) is 2.78. The van der Waals surface area contributed by atoms with E-state index >= 15 is 0 Å². The molecule has 2 amide bonds. The van der Waals surface area contributed by atoms with E-state index in [1.54, 1.807) is 42.5 Å². The van der Waals surface area contributed by atoms with Gasteiger partial charge in [0.1, 0.15) is 5.75 Å². The summed E-state index contributed by atoms with van der Waals surface area (Å²) < 4.78 is 5.24. The van der Waals surface area contributed by atoms with E-state index in [0.29, 0.717) is 32.7 Å². The van der Waals surface area contributed by atoms with Crippen LogP contribution in [0.15, 0.2) is 42.5 Å². The minimum absolute atomic E-state index is 0.0659. The smallest absolute Gasteiger partial charge is 0.248 e. The zero-order valence-electron chi connectivity index (χ0n) is 15.2. The van der Waals surface area contributed by atoms with Gasteiger partial charge in [-0.1, -0.05) is 37.0 Å². The first-order chi connectivity index (χ1) is 12.8. The Morgan fingerprint density at radius 1 is 1.04 bits per heavy atom. The fraction of sp³-hybridized carbons (Fsp3) is 0.200. The number of methoxy groups -OCH3 is 1. The molecule has 0 atom stereocenters. The Balaban J connectivity index is 2.04. The summed E-state index contributed by atoms with van der Waals surface area (Å²) >= 11 is 12.1. The van der Waals surface area contributed by atoms with E-state index in [1.807, 2.05) is 13.8 Å². The van der Waals surface area contributed by atoms with E-state index < -0.39 is 0 Å². The first-order valence-electron chi connectivity index (χ1n) is 8.23. The Morgan fingerprint density at radius 3 is 2.19 bits per heavy atom. The van der Waals surface area contributed by atoms with Gasteiger partial charge in [0.2, 0.25) is 11.8 Å². The first kappa shape index (κ1) is 20.8. The molecule has 0 fully saturated rings. The molecule has 0 heterocycles. The van der Waals surface area contributed by atoms with E-state index in [9.17, 15) is 9.59 Å². The Kier molecular flexibility index (Phi) is 7.28. The van der Waals surface area contributed by atoms with Gasteiger partial charge in [0.05, 0.1) is 12.1 Å². The minimum Gasteiger partial charge on any atom is -0.495 e. The number of rotatable bonds is 6. The number of halogens is 2. The second-order valence-corrected chi connectivity index (χ2v) is 6.90. The van der Waals surface area contributed by atoms with Gasteiger partial charge in [-0.05, 0) is 42.5 Å². The van der Waals surface area contributed by atoms with Gasteiger partial charge >= 0.3 is 0 Å². The molecule has 2 rings (SSSR count). The van der Waals surface area contributed by atoms with Crippen LogP contribution >= 0.6 is 23.2 Å². The maximum absolute atomic E-state index is 12.1. The van der Waals surface area contributed by atoms with Crippen molar-refractivity contribution in [2.45, 2.75) is 13.8 Å². The van der Waals surface area contributed by atoms with Crippen molar-refractivity contribution in [2.24, 2.45) is 5.92 Å². The standard InChI is InChI=1S/C20H20Cl2N2O3/c1-12(2)20(26)24-16-7-5-15(6-8-16)23-18(25)9-4-13-10-14(21)11-17(22)19(13)27-3/h4-12H,1-3H3,(H,23,25)(H,24,26)/b9-4+. The van der Waals surface area contributed by atoms with Gasteiger partial charge in [-0.25, -0.2) is 0 Å². The number of hydrogen-bond donors (Lipinski definition) is 2. The Bertz CT molecular complexity index is 862. The number of nitrogens with one attached hydrogen (secondary N) is 2. The predicted octanol–water partition coefficient (Wildman–Crippen LogP) is 5.25. The Hall–Kier alpha value is -2.50. The zero-order valence-corrected chi connectivity index (χ0v) is 16.7. The van der Waals surface area contributed by atoms with Crippen LogP contribution < -0.4 is 15.4 Å². The lowest BCUT2D eigenvalue weighted by Gasteiger charge is -2.09. The molecule has 0 bridgehead atoms. The normalized spacial score (nSPS) is 10.9. The largest absolute Gasteiger partial charge is 0.495 e. The molecule has 0 radical (unpaired) electrons. The van der Waals surface area contributed by atoms with Gasteiger partial charge in [-0.2, -0.15) is 0 Å². The van der Waals surface area contributed by atoms with E-state index in [1.165, 1.54) is 13.2 Å². The number of anilines is 2. The third-order valence-corrected chi connectivity index (χ3v) is 4.10. The van der Waals surface area contributed by atoms with Crippen LogP contribution in [0.2, 0.25) is 10.0 Å². The van der Waals surface area contributed by atoms with Crippen LogP contribution in [0.5, 0.6) is 5.75 Å². The van der Waals surface area contributed by atoms with E-state index in [2.05, 4.69) is 10.6 Å². The molecule has 5 nitrogen and oxygen atoms in total. The van der Waals surface area contributed by atoms with Gasteiger partial charge in [-0.3, -0.25) is 9.59 Å². The SMILES string of the molecule is COc1c(Cl)cc(Cl)cc1/C=C/C(=O)Nc1ccc(NC(=O)C(C)C)cc1. The van der Waals surface area contributed by atoms with Crippen LogP contribution in [0.3, 0.4) is 0 Å². The maximum atomic E-state index is 12.1. The molecule has 0 aliphatic rings. The molecule has 142 valence electrons. The summed E-state index contributed by atoms with van der Waals surface area (Å²) in [5, 5.41) is 6.33. The summed E-state index contributed by atoms with van der Waals surface area (Å²) in [6.07, 6.45) is 2.93.